The summed E-state index contributed by atoms with van der Waals surface area (Å²) in [5.74, 6) is 0. The lowest BCUT2D eigenvalue weighted by Gasteiger charge is -2.54. The second-order valence-corrected chi connectivity index (χ2v) is 28.9. The number of hydrogen-bond donors (Lipinski definition) is 0. The molecule has 0 aromatic heterocycles. The molecule has 85 heavy (non-hydrogen) atoms. The Hall–Kier alpha value is -8.34. The number of nitrogens with zero attached hydrogens (tertiary/aromatic N) is 3. The van der Waals surface area contributed by atoms with Crippen molar-refractivity contribution >= 4 is 68.6 Å². The van der Waals surface area contributed by atoms with E-state index in [9.17, 15) is 0 Å². The number of fused-ring (bicyclic) bond motifs is 3. The highest BCUT2D eigenvalue weighted by atomic mass is 15.3. The fraction of sp³-hybridized carbons (Fsp3) is 0.259. The number of benzene rings is 10. The molecule has 0 amide bonds. The summed E-state index contributed by atoms with van der Waals surface area (Å²) in [6.45, 7) is 26.6. The van der Waals surface area contributed by atoms with E-state index in [2.05, 4.69) is 315 Å². The molecule has 4 aliphatic heterocycles. The average molecular weight is 1100 g/mol. The quantitative estimate of drug-likeness (QED) is 0.147. The van der Waals surface area contributed by atoms with Crippen LogP contribution in [0.15, 0.2) is 224 Å². The van der Waals surface area contributed by atoms with E-state index in [1.807, 2.05) is 0 Å². The van der Waals surface area contributed by atoms with E-state index in [4.69, 9.17) is 0 Å². The van der Waals surface area contributed by atoms with Gasteiger partial charge in [-0.2, -0.15) is 0 Å². The molecule has 10 aromatic rings. The zero-order valence-electron chi connectivity index (χ0n) is 51.6. The van der Waals surface area contributed by atoms with Crippen molar-refractivity contribution in [2.45, 2.75) is 134 Å². The Morgan fingerprint density at radius 2 is 0.753 bits per heavy atom. The molecule has 1 saturated carbocycles. The molecule has 420 valence electrons. The first kappa shape index (κ1) is 53.4. The van der Waals surface area contributed by atoms with Crippen LogP contribution < -0.4 is 31.1 Å². The Balaban J connectivity index is 1.12. The Kier molecular flexibility index (Phi) is 11.8. The smallest absolute Gasteiger partial charge is 0.253 e. The van der Waals surface area contributed by atoms with Crippen LogP contribution >= 0.6 is 0 Å². The molecule has 5 aliphatic rings. The zero-order valence-corrected chi connectivity index (χ0v) is 51.6. The fourth-order valence-electron chi connectivity index (χ4n) is 16.2. The molecule has 0 bridgehead atoms. The summed E-state index contributed by atoms with van der Waals surface area (Å²) in [5, 5.41) is 0. The van der Waals surface area contributed by atoms with Crippen LogP contribution in [0.4, 0.5) is 45.5 Å². The van der Waals surface area contributed by atoms with Gasteiger partial charge in [0, 0.05) is 50.9 Å². The lowest BCUT2D eigenvalue weighted by molar-refractivity contribution is 0.195. The number of rotatable bonds is 7. The maximum Gasteiger partial charge on any atom is 0.253 e. The minimum atomic E-state index is -0.701. The van der Waals surface area contributed by atoms with Gasteiger partial charge in [0.15, 0.2) is 0 Å². The molecule has 2 unspecified atom stereocenters. The Morgan fingerprint density at radius 3 is 1.24 bits per heavy atom. The summed E-state index contributed by atoms with van der Waals surface area (Å²) in [6.07, 6.45) is 4.64. The van der Waals surface area contributed by atoms with Crippen molar-refractivity contribution in [3.05, 3.63) is 269 Å². The van der Waals surface area contributed by atoms with Gasteiger partial charge in [-0.25, -0.2) is 0 Å². The molecule has 4 heterocycles. The highest BCUT2D eigenvalue weighted by Gasteiger charge is 2.60. The van der Waals surface area contributed by atoms with Gasteiger partial charge in [0.05, 0.1) is 11.0 Å². The second kappa shape index (κ2) is 18.8. The van der Waals surface area contributed by atoms with Gasteiger partial charge in [0.1, 0.15) is 0 Å². The maximum absolute atomic E-state index is 2.83. The molecule has 4 heteroatoms. The standard InChI is InChI=1S/C81H78BN3/c1-76(2,3)57-37-41-63(42-38-57)84-70-50-61(78(7,8)9)48-67-74(70)82-73-66(81(67,58-30-20-14-21-31-58)59-32-22-15-23-33-59)47-60(77(4,5)6)49-69(73)83(62-39-34-55(35-40-62)53-26-16-12-17-27-53)71-51-64(52-72(84)75(71)82)85-68-43-36-56(54-28-18-13-19-29-54)46-65(68)79(10)44-24-25-45-80(79,85)11/h12-23,26-43,46-52H,24-25,44-45H2,1-11H3. The molecule has 0 N–H and O–H groups in total. The van der Waals surface area contributed by atoms with Crippen molar-refractivity contribution in [2.75, 3.05) is 14.7 Å². The Morgan fingerprint density at radius 1 is 0.341 bits per heavy atom. The molecular weight excluding hydrogens is 1030 g/mol. The normalized spacial score (nSPS) is 18.9. The van der Waals surface area contributed by atoms with Gasteiger partial charge in [-0.05, 0) is 180 Å². The van der Waals surface area contributed by atoms with Crippen molar-refractivity contribution in [3.8, 4) is 22.3 Å². The summed E-state index contributed by atoms with van der Waals surface area (Å²) < 4.78 is 0. The molecule has 0 radical (unpaired) electrons. The van der Waals surface area contributed by atoms with Crippen molar-refractivity contribution in [3.63, 3.8) is 0 Å². The summed E-state index contributed by atoms with van der Waals surface area (Å²) in [4.78, 5) is 8.26. The monoisotopic (exact) mass is 1100 g/mol. The average Bonchev–Trinajstić information content (AvgIpc) is 1.12. The molecule has 3 nitrogen and oxygen atoms in total. The molecule has 2 atom stereocenters. The Bertz CT molecular complexity index is 4220. The molecular formula is C81H78BN3. The largest absolute Gasteiger partial charge is 0.334 e. The molecule has 1 aliphatic carbocycles. The van der Waals surface area contributed by atoms with Crippen LogP contribution in [-0.4, -0.2) is 12.3 Å². The minimum absolute atomic E-state index is 0.0188. The zero-order chi connectivity index (χ0) is 58.6. The number of anilines is 8. The van der Waals surface area contributed by atoms with Crippen LogP contribution in [0.2, 0.25) is 0 Å². The molecule has 1 fully saturated rings. The van der Waals surface area contributed by atoms with Gasteiger partial charge in [-0.1, -0.05) is 246 Å². The van der Waals surface area contributed by atoms with Gasteiger partial charge >= 0.3 is 0 Å². The Labute approximate surface area is 506 Å². The summed E-state index contributed by atoms with van der Waals surface area (Å²) in [7, 11) is 0. The maximum atomic E-state index is 2.83. The van der Waals surface area contributed by atoms with E-state index in [0.29, 0.717) is 0 Å². The number of hydrogen-bond acceptors (Lipinski definition) is 3. The van der Waals surface area contributed by atoms with Crippen molar-refractivity contribution in [1.29, 1.82) is 0 Å². The van der Waals surface area contributed by atoms with Gasteiger partial charge in [-0.3, -0.25) is 0 Å². The van der Waals surface area contributed by atoms with Crippen molar-refractivity contribution < 1.29 is 0 Å². The van der Waals surface area contributed by atoms with Gasteiger partial charge in [0.25, 0.3) is 6.71 Å². The van der Waals surface area contributed by atoms with Crippen LogP contribution in [0.25, 0.3) is 22.3 Å². The third-order valence-corrected chi connectivity index (χ3v) is 20.9. The predicted molar refractivity (Wildman–Crippen MR) is 362 cm³/mol. The third-order valence-electron chi connectivity index (χ3n) is 20.9. The minimum Gasteiger partial charge on any atom is -0.334 e. The van der Waals surface area contributed by atoms with E-state index < -0.39 is 5.41 Å². The van der Waals surface area contributed by atoms with Crippen molar-refractivity contribution in [2.24, 2.45) is 0 Å². The molecule has 0 spiro atoms. The predicted octanol–water partition coefficient (Wildman–Crippen LogP) is 19.4. The highest BCUT2D eigenvalue weighted by molar-refractivity contribution is 7.01. The molecule has 0 saturated heterocycles. The van der Waals surface area contributed by atoms with Gasteiger partial charge in [-0.15, -0.1) is 0 Å². The fourth-order valence-corrected chi connectivity index (χ4v) is 16.2. The first-order valence-corrected chi connectivity index (χ1v) is 31.3. The van der Waals surface area contributed by atoms with E-state index in [1.165, 1.54) is 136 Å². The summed E-state index contributed by atoms with van der Waals surface area (Å²) in [5.41, 5.74) is 28.3. The van der Waals surface area contributed by atoms with Crippen LogP contribution in [0, 0.1) is 0 Å². The van der Waals surface area contributed by atoms with Gasteiger partial charge in [0.2, 0.25) is 0 Å². The summed E-state index contributed by atoms with van der Waals surface area (Å²) in [6, 6.07) is 87.4. The lowest BCUT2D eigenvalue weighted by Crippen LogP contribution is -2.68. The van der Waals surface area contributed by atoms with Crippen LogP contribution in [-0.2, 0) is 27.1 Å². The molecule has 15 rings (SSSR count). The SMILES string of the molecule is CC(C)(C)c1ccc(N2c3cc(N4c5ccc(-c6ccccc6)cc5C5(C)CCCCC45C)cc4c3B3c5c(cc(C(C)(C)C)cc5C(c5ccccc5)(c5ccccc5)c5cc(C(C)(C)C)cc2c53)N4c2ccc(-c3ccccc3)cc2)cc1. The third kappa shape index (κ3) is 7.85. The lowest BCUT2D eigenvalue weighted by atomic mass is 9.27. The van der Waals surface area contributed by atoms with Crippen LogP contribution in [0.5, 0.6) is 0 Å². The topological polar surface area (TPSA) is 9.72 Å². The molecule has 10 aromatic carbocycles. The van der Waals surface area contributed by atoms with E-state index >= 15 is 0 Å². The van der Waals surface area contributed by atoms with E-state index in [-0.39, 0.29) is 33.9 Å². The highest BCUT2D eigenvalue weighted by Crippen LogP contribution is 2.63. The first-order valence-electron chi connectivity index (χ1n) is 31.3. The van der Waals surface area contributed by atoms with Crippen LogP contribution in [0.3, 0.4) is 0 Å². The first-order chi connectivity index (χ1) is 40.8. The van der Waals surface area contributed by atoms with E-state index in [0.717, 1.165) is 18.5 Å². The summed E-state index contributed by atoms with van der Waals surface area (Å²) >= 11 is 0. The van der Waals surface area contributed by atoms with Gasteiger partial charge < -0.3 is 14.7 Å². The second-order valence-electron chi connectivity index (χ2n) is 28.9. The van der Waals surface area contributed by atoms with Crippen molar-refractivity contribution in [1.82, 2.24) is 0 Å². The van der Waals surface area contributed by atoms with Crippen LogP contribution in [0.1, 0.15) is 146 Å². The van der Waals surface area contributed by atoms with E-state index in [1.54, 1.807) is 0 Å².